The minimum absolute atomic E-state index is 0.0803. The first kappa shape index (κ1) is 23.3. The summed E-state index contributed by atoms with van der Waals surface area (Å²) in [6, 6.07) is 23.5. The molecule has 4 aromatic rings. The second-order valence-electron chi connectivity index (χ2n) is 7.19. The number of halogens is 2. The molecule has 9 heteroatoms. The van der Waals surface area contributed by atoms with Crippen molar-refractivity contribution in [2.24, 2.45) is 5.84 Å². The SMILES string of the molecule is NNC(=O)/C(=C/c1cn(-c2ccccc2)nc1-c1ccccc1)NC(=O)c1ccc(Cl)cc1Cl. The lowest BCUT2D eigenvalue weighted by molar-refractivity contribution is -0.117. The van der Waals surface area contributed by atoms with Gasteiger partial charge in [-0.05, 0) is 36.4 Å². The molecule has 0 atom stereocenters. The molecule has 0 saturated carbocycles. The van der Waals surface area contributed by atoms with E-state index >= 15 is 0 Å². The van der Waals surface area contributed by atoms with E-state index in [9.17, 15) is 9.59 Å². The highest BCUT2D eigenvalue weighted by molar-refractivity contribution is 6.36. The first-order valence-corrected chi connectivity index (χ1v) is 10.9. The zero-order chi connectivity index (χ0) is 24.1. The van der Waals surface area contributed by atoms with Gasteiger partial charge in [0, 0.05) is 22.3 Å². The zero-order valence-electron chi connectivity index (χ0n) is 17.7. The van der Waals surface area contributed by atoms with Crippen molar-refractivity contribution in [1.29, 1.82) is 0 Å². The van der Waals surface area contributed by atoms with Crippen LogP contribution in [0.4, 0.5) is 0 Å². The molecule has 0 fully saturated rings. The summed E-state index contributed by atoms with van der Waals surface area (Å²) in [5, 5.41) is 7.84. The monoisotopic (exact) mass is 491 g/mol. The van der Waals surface area contributed by atoms with E-state index in [1.54, 1.807) is 10.9 Å². The van der Waals surface area contributed by atoms with Crippen LogP contribution in [0.15, 0.2) is 90.8 Å². The van der Waals surface area contributed by atoms with Gasteiger partial charge in [-0.2, -0.15) is 5.10 Å². The van der Waals surface area contributed by atoms with Crippen LogP contribution < -0.4 is 16.6 Å². The molecule has 0 aliphatic rings. The Labute approximate surface area is 205 Å². The Morgan fingerprint density at radius 3 is 2.26 bits per heavy atom. The number of amides is 2. The molecule has 7 nitrogen and oxygen atoms in total. The molecule has 3 aromatic carbocycles. The lowest BCUT2D eigenvalue weighted by Gasteiger charge is -2.10. The van der Waals surface area contributed by atoms with E-state index in [0.717, 1.165) is 11.3 Å². The molecule has 0 radical (unpaired) electrons. The predicted octanol–water partition coefficient (Wildman–Crippen LogP) is 4.61. The molecule has 170 valence electrons. The number of para-hydroxylation sites is 1. The molecule has 0 bridgehead atoms. The van der Waals surface area contributed by atoms with E-state index in [1.165, 1.54) is 24.3 Å². The van der Waals surface area contributed by atoms with Gasteiger partial charge in [-0.1, -0.05) is 71.7 Å². The maximum absolute atomic E-state index is 12.9. The fourth-order valence-corrected chi connectivity index (χ4v) is 3.78. The summed E-state index contributed by atoms with van der Waals surface area (Å²) in [6.07, 6.45) is 3.28. The molecule has 4 N–H and O–H groups in total. The number of rotatable bonds is 6. The van der Waals surface area contributed by atoms with Crippen LogP contribution in [-0.2, 0) is 4.79 Å². The first-order chi connectivity index (χ1) is 16.5. The molecule has 1 heterocycles. The normalized spacial score (nSPS) is 11.2. The number of nitrogens with one attached hydrogen (secondary N) is 2. The third-order valence-electron chi connectivity index (χ3n) is 4.91. The van der Waals surface area contributed by atoms with Crippen molar-refractivity contribution in [1.82, 2.24) is 20.5 Å². The molecular formula is C25H19Cl2N5O2. The Hall–Kier alpha value is -3.91. The van der Waals surface area contributed by atoms with Gasteiger partial charge in [-0.15, -0.1) is 0 Å². The van der Waals surface area contributed by atoms with Gasteiger partial charge in [-0.25, -0.2) is 10.5 Å². The number of nitrogens with zero attached hydrogens (tertiary/aromatic N) is 2. The van der Waals surface area contributed by atoms with E-state index < -0.39 is 11.8 Å². The summed E-state index contributed by atoms with van der Waals surface area (Å²) < 4.78 is 1.70. The Morgan fingerprint density at radius 2 is 1.62 bits per heavy atom. The standard InChI is InChI=1S/C25H19Cl2N5O2/c26-18-11-12-20(21(27)14-18)24(33)29-22(25(34)30-28)13-17-15-32(19-9-5-2-6-10-19)31-23(17)16-7-3-1-4-8-16/h1-15H,28H2,(H,29,33)(H,30,34)/b22-13-. The molecule has 4 rings (SSSR count). The lowest BCUT2D eigenvalue weighted by atomic mass is 10.1. The van der Waals surface area contributed by atoms with Gasteiger partial charge in [-0.3, -0.25) is 15.0 Å². The average molecular weight is 492 g/mol. The Bertz CT molecular complexity index is 1370. The van der Waals surface area contributed by atoms with E-state index in [0.29, 0.717) is 16.3 Å². The van der Waals surface area contributed by atoms with Crippen molar-refractivity contribution in [3.05, 3.63) is 112 Å². The molecule has 1 aromatic heterocycles. The maximum Gasteiger partial charge on any atom is 0.281 e. The summed E-state index contributed by atoms with van der Waals surface area (Å²) in [5.74, 6) is 4.10. The summed E-state index contributed by atoms with van der Waals surface area (Å²) in [7, 11) is 0. The van der Waals surface area contributed by atoms with Crippen molar-refractivity contribution in [2.75, 3.05) is 0 Å². The Morgan fingerprint density at radius 1 is 0.941 bits per heavy atom. The minimum atomic E-state index is -0.690. The fraction of sp³-hybridized carbons (Fsp3) is 0. The first-order valence-electron chi connectivity index (χ1n) is 10.2. The van der Waals surface area contributed by atoms with Crippen molar-refractivity contribution >= 4 is 41.1 Å². The number of carbonyl (C=O) groups excluding carboxylic acids is 2. The van der Waals surface area contributed by atoms with Gasteiger partial charge in [0.05, 0.1) is 16.3 Å². The highest BCUT2D eigenvalue weighted by Gasteiger charge is 2.19. The topological polar surface area (TPSA) is 102 Å². The second-order valence-corrected chi connectivity index (χ2v) is 8.03. The third kappa shape index (κ3) is 5.18. The lowest BCUT2D eigenvalue weighted by Crippen LogP contribution is -2.38. The summed E-state index contributed by atoms with van der Waals surface area (Å²) in [5.41, 5.74) is 5.02. The van der Waals surface area contributed by atoms with Crippen molar-refractivity contribution in [3.63, 3.8) is 0 Å². The van der Waals surface area contributed by atoms with Crippen molar-refractivity contribution in [3.8, 4) is 16.9 Å². The van der Waals surface area contributed by atoms with Gasteiger partial charge in [0.15, 0.2) is 0 Å². The average Bonchev–Trinajstić information content (AvgIpc) is 3.28. The summed E-state index contributed by atoms with van der Waals surface area (Å²) >= 11 is 12.1. The van der Waals surface area contributed by atoms with E-state index in [1.807, 2.05) is 60.7 Å². The van der Waals surface area contributed by atoms with E-state index in [4.69, 9.17) is 34.1 Å². The molecule has 0 aliphatic carbocycles. The van der Waals surface area contributed by atoms with E-state index in [2.05, 4.69) is 10.7 Å². The number of nitrogens with two attached hydrogens (primary N) is 1. The number of aromatic nitrogens is 2. The Balaban J connectivity index is 1.78. The highest BCUT2D eigenvalue weighted by atomic mass is 35.5. The van der Waals surface area contributed by atoms with Crippen LogP contribution in [0.25, 0.3) is 23.0 Å². The molecule has 34 heavy (non-hydrogen) atoms. The second kappa shape index (κ2) is 10.4. The largest absolute Gasteiger partial charge is 0.317 e. The van der Waals surface area contributed by atoms with Crippen LogP contribution in [0.2, 0.25) is 10.0 Å². The van der Waals surface area contributed by atoms with Crippen LogP contribution in [-0.4, -0.2) is 21.6 Å². The van der Waals surface area contributed by atoms with Crippen LogP contribution in [0.3, 0.4) is 0 Å². The van der Waals surface area contributed by atoms with Crippen molar-refractivity contribution in [2.45, 2.75) is 0 Å². The quantitative estimate of drug-likeness (QED) is 0.158. The molecule has 0 saturated heterocycles. The smallest absolute Gasteiger partial charge is 0.281 e. The van der Waals surface area contributed by atoms with Crippen molar-refractivity contribution < 1.29 is 9.59 Å². The molecular weight excluding hydrogens is 473 g/mol. The predicted molar refractivity (Wildman–Crippen MR) is 133 cm³/mol. The number of benzene rings is 3. The van der Waals surface area contributed by atoms with Gasteiger partial charge in [0.1, 0.15) is 11.4 Å². The number of hydrazine groups is 1. The van der Waals surface area contributed by atoms with Crippen LogP contribution in [0.1, 0.15) is 15.9 Å². The molecule has 2 amide bonds. The van der Waals surface area contributed by atoms with E-state index in [-0.39, 0.29) is 16.3 Å². The highest BCUT2D eigenvalue weighted by Crippen LogP contribution is 2.26. The van der Waals surface area contributed by atoms with Gasteiger partial charge in [0.25, 0.3) is 11.8 Å². The number of hydrogen-bond donors (Lipinski definition) is 3. The summed E-state index contributed by atoms with van der Waals surface area (Å²) in [4.78, 5) is 25.4. The molecule has 0 unspecified atom stereocenters. The molecule has 0 spiro atoms. The van der Waals surface area contributed by atoms with Crippen LogP contribution in [0, 0.1) is 0 Å². The number of carbonyl (C=O) groups is 2. The van der Waals surface area contributed by atoms with Gasteiger partial charge in [0.2, 0.25) is 0 Å². The fourth-order valence-electron chi connectivity index (χ4n) is 3.28. The summed E-state index contributed by atoms with van der Waals surface area (Å²) in [6.45, 7) is 0. The van der Waals surface area contributed by atoms with Gasteiger partial charge >= 0.3 is 0 Å². The Kier molecular flexibility index (Phi) is 7.08. The number of hydrogen-bond acceptors (Lipinski definition) is 4. The zero-order valence-corrected chi connectivity index (χ0v) is 19.2. The minimum Gasteiger partial charge on any atom is -0.317 e. The maximum atomic E-state index is 12.9. The van der Waals surface area contributed by atoms with Gasteiger partial charge < -0.3 is 5.32 Å². The van der Waals surface area contributed by atoms with Crippen LogP contribution >= 0.6 is 23.2 Å². The third-order valence-corrected chi connectivity index (χ3v) is 5.46. The van der Waals surface area contributed by atoms with Crippen LogP contribution in [0.5, 0.6) is 0 Å². The molecule has 0 aliphatic heterocycles.